The van der Waals surface area contributed by atoms with Crippen molar-refractivity contribution in [1.29, 1.82) is 0 Å². The van der Waals surface area contributed by atoms with E-state index in [-0.39, 0.29) is 35.6 Å². The van der Waals surface area contributed by atoms with E-state index in [1.807, 2.05) is 31.2 Å². The summed E-state index contributed by atoms with van der Waals surface area (Å²) in [5.41, 5.74) is 4.67. The monoisotopic (exact) mass is 480 g/mol. The summed E-state index contributed by atoms with van der Waals surface area (Å²) in [6.45, 7) is 2.56. The number of alkyl carbamates (subject to hydrolysis) is 1. The van der Waals surface area contributed by atoms with Gasteiger partial charge in [-0.3, -0.25) is 4.79 Å². The number of amides is 2. The van der Waals surface area contributed by atoms with Crippen molar-refractivity contribution in [2.75, 3.05) is 18.9 Å². The van der Waals surface area contributed by atoms with Gasteiger partial charge in [-0.1, -0.05) is 55.5 Å². The highest BCUT2D eigenvalue weighted by Gasteiger charge is 2.50. The van der Waals surface area contributed by atoms with E-state index in [1.165, 1.54) is 22.9 Å². The van der Waals surface area contributed by atoms with Crippen LogP contribution in [-0.4, -0.2) is 58.3 Å². The number of carboxylic acid groups (broad SMARTS) is 1. The Morgan fingerprint density at radius 3 is 2.35 bits per heavy atom. The van der Waals surface area contributed by atoms with E-state index in [2.05, 4.69) is 29.6 Å². The summed E-state index contributed by atoms with van der Waals surface area (Å²) in [4.78, 5) is 38.5. The molecular weight excluding hydrogens is 452 g/mol. The second-order valence-electron chi connectivity index (χ2n) is 9.10. The fourth-order valence-corrected chi connectivity index (χ4v) is 6.55. The van der Waals surface area contributed by atoms with Gasteiger partial charge in [0.1, 0.15) is 12.6 Å². The van der Waals surface area contributed by atoms with E-state index in [9.17, 15) is 19.5 Å². The first-order valence-corrected chi connectivity index (χ1v) is 12.8. The summed E-state index contributed by atoms with van der Waals surface area (Å²) in [5.74, 6) is -0.849. The number of nitrogens with zero attached hydrogens (tertiary/aromatic N) is 1. The molecule has 178 valence electrons. The lowest BCUT2D eigenvalue weighted by Crippen LogP contribution is -2.46. The van der Waals surface area contributed by atoms with Gasteiger partial charge in [0.05, 0.1) is 5.37 Å². The van der Waals surface area contributed by atoms with Gasteiger partial charge in [0, 0.05) is 24.1 Å². The lowest BCUT2D eigenvalue weighted by Gasteiger charge is -2.27. The zero-order valence-electron chi connectivity index (χ0n) is 19.0. The van der Waals surface area contributed by atoms with Gasteiger partial charge in [0.2, 0.25) is 5.91 Å². The van der Waals surface area contributed by atoms with Crippen molar-refractivity contribution in [3.8, 4) is 11.1 Å². The zero-order valence-corrected chi connectivity index (χ0v) is 19.8. The number of carbonyl (C=O) groups excluding carboxylic acids is 2. The van der Waals surface area contributed by atoms with Crippen LogP contribution in [0.3, 0.4) is 0 Å². The number of nitrogens with one attached hydrogen (secondary N) is 1. The van der Waals surface area contributed by atoms with Gasteiger partial charge in [-0.15, -0.1) is 11.8 Å². The molecule has 0 bridgehead atoms. The Morgan fingerprint density at radius 1 is 1.09 bits per heavy atom. The number of benzene rings is 2. The minimum Gasteiger partial charge on any atom is -0.480 e. The number of hydrogen-bond acceptors (Lipinski definition) is 5. The minimum absolute atomic E-state index is 0.00000259. The molecule has 34 heavy (non-hydrogen) atoms. The van der Waals surface area contributed by atoms with Crippen LogP contribution in [0, 0.1) is 11.8 Å². The second kappa shape index (κ2) is 9.33. The predicted molar refractivity (Wildman–Crippen MR) is 129 cm³/mol. The second-order valence-corrected chi connectivity index (χ2v) is 10.3. The summed E-state index contributed by atoms with van der Waals surface area (Å²) in [6.07, 6.45) is 0.883. The molecule has 0 aromatic heterocycles. The molecule has 2 aromatic rings. The Balaban J connectivity index is 1.13. The third kappa shape index (κ3) is 4.15. The van der Waals surface area contributed by atoms with E-state index in [0.29, 0.717) is 18.7 Å². The van der Waals surface area contributed by atoms with Crippen LogP contribution in [0.1, 0.15) is 36.8 Å². The molecule has 2 aliphatic carbocycles. The quantitative estimate of drug-likeness (QED) is 0.624. The average Bonchev–Trinajstić information content (AvgIpc) is 3.38. The number of fused-ring (bicyclic) bond motifs is 3. The first-order chi connectivity index (χ1) is 16.5. The minimum atomic E-state index is -0.953. The standard InChI is InChI=1S/C26H28N2O5S/c1-2-23-28(22(14-34-23)25(30)31)24(29)20-11-15(20)12-27-26(32)33-13-21-18-9-5-3-7-16(18)17-8-4-6-10-19(17)21/h3-10,15,20-23H,2,11-14H2,1H3,(H,27,32)(H,30,31)/t15-,20-,22?,23?/m1/s1. The Hall–Kier alpha value is -3.00. The number of rotatable bonds is 7. The number of carbonyl (C=O) groups is 3. The molecule has 5 rings (SSSR count). The SMILES string of the molecule is CCC1SCC(C(=O)O)N1C(=O)[C@@H]1C[C@@H]1CNC(=O)OCC1c2ccccc2-c2ccccc21. The maximum atomic E-state index is 13.0. The maximum absolute atomic E-state index is 13.0. The van der Waals surface area contributed by atoms with Gasteiger partial charge in [0.15, 0.2) is 0 Å². The van der Waals surface area contributed by atoms with Crippen LogP contribution < -0.4 is 5.32 Å². The lowest BCUT2D eigenvalue weighted by atomic mass is 9.98. The smallest absolute Gasteiger partial charge is 0.407 e. The number of hydrogen-bond donors (Lipinski definition) is 2. The molecule has 0 spiro atoms. The molecule has 0 radical (unpaired) electrons. The normalized spacial score (nSPS) is 24.9. The molecule has 1 saturated heterocycles. The van der Waals surface area contributed by atoms with Crippen molar-refractivity contribution in [1.82, 2.24) is 10.2 Å². The topological polar surface area (TPSA) is 95.9 Å². The number of aliphatic carboxylic acids is 1. The Morgan fingerprint density at radius 2 is 1.74 bits per heavy atom. The Bertz CT molecular complexity index is 1080. The zero-order chi connectivity index (χ0) is 23.8. The first-order valence-electron chi connectivity index (χ1n) is 11.7. The van der Waals surface area contributed by atoms with Gasteiger partial charge in [-0.2, -0.15) is 0 Å². The van der Waals surface area contributed by atoms with Crippen molar-refractivity contribution in [3.63, 3.8) is 0 Å². The number of thioether (sulfide) groups is 1. The largest absolute Gasteiger partial charge is 0.480 e. The molecule has 2 fully saturated rings. The highest BCUT2D eigenvalue weighted by atomic mass is 32.2. The summed E-state index contributed by atoms with van der Waals surface area (Å²) in [7, 11) is 0. The van der Waals surface area contributed by atoms with E-state index in [0.717, 1.165) is 17.5 Å². The van der Waals surface area contributed by atoms with Crippen LogP contribution in [-0.2, 0) is 14.3 Å². The molecule has 2 amide bonds. The van der Waals surface area contributed by atoms with Crippen LogP contribution in [0.15, 0.2) is 48.5 Å². The van der Waals surface area contributed by atoms with E-state index in [4.69, 9.17) is 4.74 Å². The van der Waals surface area contributed by atoms with Gasteiger partial charge >= 0.3 is 12.1 Å². The predicted octanol–water partition coefficient (Wildman–Crippen LogP) is 3.93. The van der Waals surface area contributed by atoms with Crippen molar-refractivity contribution in [2.24, 2.45) is 11.8 Å². The third-order valence-electron chi connectivity index (χ3n) is 7.07. The summed E-state index contributed by atoms with van der Waals surface area (Å²) in [5, 5.41) is 12.2. The highest BCUT2D eigenvalue weighted by Crippen LogP contribution is 2.45. The van der Waals surface area contributed by atoms with Gasteiger partial charge in [0.25, 0.3) is 0 Å². The Kier molecular flexibility index (Phi) is 6.25. The van der Waals surface area contributed by atoms with Crippen molar-refractivity contribution < 1.29 is 24.2 Å². The molecule has 3 aliphatic rings. The van der Waals surface area contributed by atoms with Gasteiger partial charge < -0.3 is 20.1 Å². The highest BCUT2D eigenvalue weighted by molar-refractivity contribution is 8.00. The molecule has 4 atom stereocenters. The molecule has 1 saturated carbocycles. The van der Waals surface area contributed by atoms with Crippen LogP contribution in [0.2, 0.25) is 0 Å². The molecule has 2 N–H and O–H groups in total. The Labute approximate surface area is 202 Å². The molecule has 2 unspecified atom stereocenters. The number of ether oxygens (including phenoxy) is 1. The fraction of sp³-hybridized carbons (Fsp3) is 0.423. The van der Waals surface area contributed by atoms with Gasteiger partial charge in [-0.25, -0.2) is 9.59 Å². The summed E-state index contributed by atoms with van der Waals surface area (Å²) >= 11 is 1.52. The average molecular weight is 481 g/mol. The molecule has 8 heteroatoms. The van der Waals surface area contributed by atoms with Crippen LogP contribution in [0.25, 0.3) is 11.1 Å². The van der Waals surface area contributed by atoms with Gasteiger partial charge in [-0.05, 0) is 41.0 Å². The van der Waals surface area contributed by atoms with Crippen molar-refractivity contribution in [2.45, 2.75) is 37.1 Å². The van der Waals surface area contributed by atoms with E-state index >= 15 is 0 Å². The van der Waals surface area contributed by atoms with Crippen molar-refractivity contribution >= 4 is 29.7 Å². The molecule has 7 nitrogen and oxygen atoms in total. The summed E-state index contributed by atoms with van der Waals surface area (Å²) in [6, 6.07) is 15.6. The van der Waals surface area contributed by atoms with Crippen LogP contribution in [0.4, 0.5) is 4.79 Å². The summed E-state index contributed by atoms with van der Waals surface area (Å²) < 4.78 is 5.57. The first kappa shape index (κ1) is 22.8. The molecule has 1 heterocycles. The van der Waals surface area contributed by atoms with Crippen LogP contribution >= 0.6 is 11.8 Å². The maximum Gasteiger partial charge on any atom is 0.407 e. The fourth-order valence-electron chi connectivity index (χ4n) is 5.19. The van der Waals surface area contributed by atoms with Crippen LogP contribution in [0.5, 0.6) is 0 Å². The number of carboxylic acids is 1. The molecule has 2 aromatic carbocycles. The lowest BCUT2D eigenvalue weighted by molar-refractivity contribution is -0.149. The third-order valence-corrected chi connectivity index (χ3v) is 8.53. The van der Waals surface area contributed by atoms with Crippen molar-refractivity contribution in [3.05, 3.63) is 59.7 Å². The van der Waals surface area contributed by atoms with E-state index in [1.54, 1.807) is 4.90 Å². The van der Waals surface area contributed by atoms with E-state index < -0.39 is 18.1 Å². The molecule has 1 aliphatic heterocycles. The molecular formula is C26H28N2O5S.